The maximum absolute atomic E-state index is 12.9. The summed E-state index contributed by atoms with van der Waals surface area (Å²) in [4.78, 5) is 18.8. The minimum Gasteiger partial charge on any atom is -0.340 e. The molecule has 2 aliphatic rings. The van der Waals surface area contributed by atoms with Crippen molar-refractivity contribution in [1.29, 1.82) is 0 Å². The summed E-state index contributed by atoms with van der Waals surface area (Å²) >= 11 is 5.96. The van der Waals surface area contributed by atoms with Gasteiger partial charge in [0.2, 0.25) is 15.9 Å². The normalized spacial score (nSPS) is 20.4. The van der Waals surface area contributed by atoms with Crippen molar-refractivity contribution >= 4 is 27.5 Å². The van der Waals surface area contributed by atoms with E-state index in [0.29, 0.717) is 32.0 Å². The van der Waals surface area contributed by atoms with Crippen LogP contribution in [0.2, 0.25) is 5.15 Å². The van der Waals surface area contributed by atoms with Crippen LogP contribution in [0, 0.1) is 5.92 Å². The van der Waals surface area contributed by atoms with Crippen molar-refractivity contribution in [3.63, 3.8) is 0 Å². The molecule has 0 spiro atoms. The first-order valence-corrected chi connectivity index (χ1v) is 11.2. The molecule has 0 unspecified atom stereocenters. The van der Waals surface area contributed by atoms with Gasteiger partial charge in [0.1, 0.15) is 10.0 Å². The van der Waals surface area contributed by atoms with Crippen LogP contribution in [0.1, 0.15) is 45.4 Å². The average Bonchev–Trinajstić information content (AvgIpc) is 3.17. The summed E-state index contributed by atoms with van der Waals surface area (Å²) in [5, 5.41) is -0.0101. The highest BCUT2D eigenvalue weighted by atomic mass is 35.5. The molecule has 1 aromatic heterocycles. The molecular formula is C18H26ClN3O3S. The van der Waals surface area contributed by atoms with Crippen LogP contribution in [0.25, 0.3) is 0 Å². The highest BCUT2D eigenvalue weighted by Gasteiger charge is 2.36. The van der Waals surface area contributed by atoms with Crippen molar-refractivity contribution < 1.29 is 13.2 Å². The predicted octanol–water partition coefficient (Wildman–Crippen LogP) is 2.93. The second kappa shape index (κ2) is 8.23. The minimum absolute atomic E-state index is 0.0101. The average molecular weight is 400 g/mol. The summed E-state index contributed by atoms with van der Waals surface area (Å²) in [7, 11) is -3.67. The number of hydrogen-bond donors (Lipinski definition) is 0. The summed E-state index contributed by atoms with van der Waals surface area (Å²) in [6, 6.07) is 3.40. The van der Waals surface area contributed by atoms with Gasteiger partial charge in [-0.05, 0) is 44.7 Å². The number of halogens is 1. The molecule has 0 atom stereocenters. The first-order chi connectivity index (χ1) is 12.4. The van der Waals surface area contributed by atoms with Crippen LogP contribution in [-0.2, 0) is 14.8 Å². The van der Waals surface area contributed by atoms with Crippen molar-refractivity contribution in [3.05, 3.63) is 23.5 Å². The maximum atomic E-state index is 12.9. The molecule has 0 N–H and O–H groups in total. The third-order valence-corrected chi connectivity index (χ3v) is 7.88. The Morgan fingerprint density at radius 2 is 1.92 bits per heavy atom. The molecule has 1 saturated carbocycles. The lowest BCUT2D eigenvalue weighted by atomic mass is 9.95. The van der Waals surface area contributed by atoms with Gasteiger partial charge in [0.05, 0.1) is 0 Å². The van der Waals surface area contributed by atoms with Crippen molar-refractivity contribution in [2.24, 2.45) is 5.92 Å². The van der Waals surface area contributed by atoms with Crippen molar-refractivity contribution in [3.8, 4) is 0 Å². The molecule has 1 saturated heterocycles. The number of nitrogens with zero attached hydrogens (tertiary/aromatic N) is 3. The zero-order chi connectivity index (χ0) is 18.7. The Labute approximate surface area is 160 Å². The first kappa shape index (κ1) is 19.6. The summed E-state index contributed by atoms with van der Waals surface area (Å²) < 4.78 is 27.0. The molecule has 6 nitrogen and oxygen atoms in total. The molecule has 2 heterocycles. The van der Waals surface area contributed by atoms with Crippen LogP contribution >= 0.6 is 11.6 Å². The molecule has 3 rings (SSSR count). The van der Waals surface area contributed by atoms with Gasteiger partial charge >= 0.3 is 0 Å². The Balaban J connectivity index is 1.65. The highest BCUT2D eigenvalue weighted by molar-refractivity contribution is 7.89. The van der Waals surface area contributed by atoms with Gasteiger partial charge in [0, 0.05) is 37.8 Å². The number of hydrogen-bond acceptors (Lipinski definition) is 4. The smallest absolute Gasteiger partial charge is 0.246 e. The molecule has 0 bridgehead atoms. The van der Waals surface area contributed by atoms with E-state index in [1.165, 1.54) is 29.4 Å². The fourth-order valence-corrected chi connectivity index (χ4v) is 5.99. The standard InChI is InChI=1S/C18H26ClN3O3S/c1-2-22(15-6-3-4-7-15)18(23)14-9-12-21(13-10-14)26(24,25)16-8-5-11-20-17(16)19/h5,8,11,14-15H,2-4,6-7,9-10,12-13H2,1H3. The second-order valence-electron chi connectivity index (χ2n) is 7.03. The van der Waals surface area contributed by atoms with E-state index in [0.717, 1.165) is 19.4 Å². The number of carbonyl (C=O) groups is 1. The van der Waals surface area contributed by atoms with E-state index >= 15 is 0 Å². The van der Waals surface area contributed by atoms with Gasteiger partial charge in [-0.1, -0.05) is 24.4 Å². The fraction of sp³-hybridized carbons (Fsp3) is 0.667. The molecule has 26 heavy (non-hydrogen) atoms. The number of carbonyl (C=O) groups excluding carboxylic acids is 1. The van der Waals surface area contributed by atoms with Gasteiger partial charge in [-0.3, -0.25) is 4.79 Å². The maximum Gasteiger partial charge on any atom is 0.246 e. The number of aromatic nitrogens is 1. The first-order valence-electron chi connectivity index (χ1n) is 9.36. The molecule has 8 heteroatoms. The third kappa shape index (κ3) is 3.89. The zero-order valence-electron chi connectivity index (χ0n) is 15.1. The SMILES string of the molecule is CCN(C(=O)C1CCN(S(=O)(=O)c2cccnc2Cl)CC1)C1CCCC1. The van der Waals surface area contributed by atoms with Gasteiger partial charge < -0.3 is 4.90 Å². The van der Waals surface area contributed by atoms with E-state index in [1.54, 1.807) is 6.07 Å². The van der Waals surface area contributed by atoms with Crippen molar-refractivity contribution in [2.75, 3.05) is 19.6 Å². The van der Waals surface area contributed by atoms with E-state index in [1.807, 2.05) is 11.8 Å². The van der Waals surface area contributed by atoms with Gasteiger partial charge in [-0.2, -0.15) is 4.31 Å². The van der Waals surface area contributed by atoms with Crippen LogP contribution in [0.5, 0.6) is 0 Å². The van der Waals surface area contributed by atoms with E-state index in [9.17, 15) is 13.2 Å². The van der Waals surface area contributed by atoms with E-state index in [-0.39, 0.29) is 21.9 Å². The van der Waals surface area contributed by atoms with Gasteiger partial charge in [-0.15, -0.1) is 0 Å². The molecule has 144 valence electrons. The number of rotatable bonds is 5. The summed E-state index contributed by atoms with van der Waals surface area (Å²) in [5.41, 5.74) is 0. The lowest BCUT2D eigenvalue weighted by Gasteiger charge is -2.35. The molecular weight excluding hydrogens is 374 g/mol. The summed E-state index contributed by atoms with van der Waals surface area (Å²) in [6.45, 7) is 3.44. The largest absolute Gasteiger partial charge is 0.340 e. The van der Waals surface area contributed by atoms with Crippen LogP contribution in [0.4, 0.5) is 0 Å². The topological polar surface area (TPSA) is 70.6 Å². The van der Waals surface area contributed by atoms with E-state index < -0.39 is 10.0 Å². The Morgan fingerprint density at radius 1 is 1.27 bits per heavy atom. The molecule has 0 aromatic carbocycles. The summed E-state index contributed by atoms with van der Waals surface area (Å²) in [6.07, 6.45) is 7.14. The number of pyridine rings is 1. The van der Waals surface area contributed by atoms with Crippen LogP contribution in [0.3, 0.4) is 0 Å². The molecule has 1 amide bonds. The Bertz CT molecular complexity index is 742. The quantitative estimate of drug-likeness (QED) is 0.714. The minimum atomic E-state index is -3.67. The number of amides is 1. The van der Waals surface area contributed by atoms with Gasteiger partial charge in [0.25, 0.3) is 0 Å². The fourth-order valence-electron chi connectivity index (χ4n) is 4.09. The Morgan fingerprint density at radius 3 is 2.50 bits per heavy atom. The monoisotopic (exact) mass is 399 g/mol. The number of sulfonamides is 1. The Hall–Kier alpha value is -1.18. The van der Waals surface area contributed by atoms with Gasteiger partial charge in [-0.25, -0.2) is 13.4 Å². The highest BCUT2D eigenvalue weighted by Crippen LogP contribution is 2.30. The Kier molecular flexibility index (Phi) is 6.20. The molecule has 2 fully saturated rings. The van der Waals surface area contributed by atoms with E-state index in [4.69, 9.17) is 11.6 Å². The second-order valence-corrected chi connectivity index (χ2v) is 9.30. The molecule has 1 aromatic rings. The zero-order valence-corrected chi connectivity index (χ0v) is 16.7. The van der Waals surface area contributed by atoms with E-state index in [2.05, 4.69) is 4.98 Å². The lowest BCUT2D eigenvalue weighted by Crippen LogP contribution is -2.47. The summed E-state index contributed by atoms with van der Waals surface area (Å²) in [5.74, 6) is 0.0993. The third-order valence-electron chi connectivity index (χ3n) is 5.54. The van der Waals surface area contributed by atoms with Crippen LogP contribution in [0.15, 0.2) is 23.2 Å². The molecule has 0 radical (unpaired) electrons. The van der Waals surface area contributed by atoms with Gasteiger partial charge in [0.15, 0.2) is 0 Å². The predicted molar refractivity (Wildman–Crippen MR) is 100 cm³/mol. The van der Waals surface area contributed by atoms with Crippen molar-refractivity contribution in [1.82, 2.24) is 14.2 Å². The number of piperidine rings is 1. The molecule has 1 aliphatic carbocycles. The molecule has 1 aliphatic heterocycles. The van der Waals surface area contributed by atoms with Crippen molar-refractivity contribution in [2.45, 2.75) is 56.4 Å². The lowest BCUT2D eigenvalue weighted by molar-refractivity contribution is -0.138. The van der Waals surface area contributed by atoms with Crippen LogP contribution < -0.4 is 0 Å². The van der Waals surface area contributed by atoms with Crippen LogP contribution in [-0.4, -0.2) is 54.2 Å².